The van der Waals surface area contributed by atoms with Crippen LogP contribution in [0.25, 0.3) is 16.7 Å². The number of anilines is 1. The average molecular weight is 515 g/mol. The number of pyridine rings is 2. The van der Waals surface area contributed by atoms with E-state index < -0.39 is 5.69 Å². The molecule has 1 aliphatic heterocycles. The highest BCUT2D eigenvalue weighted by Crippen LogP contribution is 2.34. The van der Waals surface area contributed by atoms with Gasteiger partial charge in [0.05, 0.1) is 21.8 Å². The van der Waals surface area contributed by atoms with Crippen LogP contribution >= 0.6 is 23.2 Å². The number of carbonyl (C=O) groups excluding carboxylic acids is 1. The topological polar surface area (TPSA) is 84.2 Å². The minimum absolute atomic E-state index is 0.0600. The summed E-state index contributed by atoms with van der Waals surface area (Å²) in [6, 6.07) is 3.32. The van der Waals surface area contributed by atoms with E-state index in [2.05, 4.69) is 21.5 Å². The number of hydrogen-bond donors (Lipinski definition) is 0. The summed E-state index contributed by atoms with van der Waals surface area (Å²) in [7, 11) is 0. The second-order valence-corrected chi connectivity index (χ2v) is 10.0. The van der Waals surface area contributed by atoms with Gasteiger partial charge in [-0.05, 0) is 50.5 Å². The van der Waals surface area contributed by atoms with Crippen molar-refractivity contribution in [2.75, 3.05) is 18.0 Å². The zero-order valence-corrected chi connectivity index (χ0v) is 21.9. The third-order valence-corrected chi connectivity index (χ3v) is 7.01. The highest BCUT2D eigenvalue weighted by Gasteiger charge is 2.34. The Morgan fingerprint density at radius 3 is 2.46 bits per heavy atom. The maximum atomic E-state index is 13.7. The molecule has 3 aromatic rings. The molecule has 4 heterocycles. The molecule has 0 spiro atoms. The molecule has 1 fully saturated rings. The highest BCUT2D eigenvalue weighted by molar-refractivity contribution is 6.41. The number of amides is 1. The fourth-order valence-corrected chi connectivity index (χ4v) is 5.10. The Morgan fingerprint density at radius 1 is 1.20 bits per heavy atom. The zero-order chi connectivity index (χ0) is 25.6. The lowest BCUT2D eigenvalue weighted by molar-refractivity contribution is -0.127. The fourth-order valence-electron chi connectivity index (χ4n) is 4.82. The monoisotopic (exact) mass is 514 g/mol. The SMILES string of the molecule is C=CC(=O)N1C[C@H](C)N(c2nc(=O)n(-c3c(C)ccnc3C(C)C)c3nc(Cl)c(Cl)cc23)[C@@H](C)C1. The average Bonchev–Trinajstić information content (AvgIpc) is 2.79. The Balaban J connectivity index is 2.00. The molecule has 0 bridgehead atoms. The molecule has 2 atom stereocenters. The molecule has 35 heavy (non-hydrogen) atoms. The molecule has 1 aliphatic rings. The van der Waals surface area contributed by atoms with Crippen molar-refractivity contribution in [3.8, 4) is 5.69 Å². The van der Waals surface area contributed by atoms with Crippen molar-refractivity contribution in [3.05, 3.63) is 62.9 Å². The number of fused-ring (bicyclic) bond motifs is 1. The summed E-state index contributed by atoms with van der Waals surface area (Å²) in [5.41, 5.74) is 2.14. The Bertz CT molecular complexity index is 1370. The number of aromatic nitrogens is 4. The van der Waals surface area contributed by atoms with Crippen LogP contribution in [0.2, 0.25) is 10.2 Å². The van der Waals surface area contributed by atoms with E-state index in [0.29, 0.717) is 35.6 Å². The molecule has 0 N–H and O–H groups in total. The number of rotatable bonds is 4. The normalized spacial score (nSPS) is 18.4. The van der Waals surface area contributed by atoms with Crippen molar-refractivity contribution in [2.24, 2.45) is 0 Å². The van der Waals surface area contributed by atoms with E-state index in [4.69, 9.17) is 23.2 Å². The number of nitrogens with zero attached hydrogens (tertiary/aromatic N) is 6. The van der Waals surface area contributed by atoms with E-state index in [1.165, 1.54) is 10.6 Å². The Hall–Kier alpha value is -2.97. The van der Waals surface area contributed by atoms with Gasteiger partial charge >= 0.3 is 5.69 Å². The van der Waals surface area contributed by atoms with Gasteiger partial charge in [0, 0.05) is 31.4 Å². The molecule has 0 aromatic carbocycles. The smallest absolute Gasteiger partial charge is 0.347 e. The molecule has 10 heteroatoms. The van der Waals surface area contributed by atoms with E-state index in [1.54, 1.807) is 17.2 Å². The van der Waals surface area contributed by atoms with Crippen LogP contribution in [0.15, 0.2) is 35.8 Å². The number of hydrogen-bond acceptors (Lipinski definition) is 6. The number of carbonyl (C=O) groups is 1. The first-order chi connectivity index (χ1) is 16.5. The molecule has 3 aromatic heterocycles. The van der Waals surface area contributed by atoms with Gasteiger partial charge in [0.15, 0.2) is 5.65 Å². The molecular weight excluding hydrogens is 487 g/mol. The summed E-state index contributed by atoms with van der Waals surface area (Å²) in [6.07, 6.45) is 3.05. The summed E-state index contributed by atoms with van der Waals surface area (Å²) in [6.45, 7) is 14.5. The second kappa shape index (κ2) is 9.59. The van der Waals surface area contributed by atoms with Crippen LogP contribution in [0.1, 0.15) is 44.9 Å². The molecule has 0 unspecified atom stereocenters. The molecule has 4 rings (SSSR count). The first-order valence-corrected chi connectivity index (χ1v) is 12.2. The van der Waals surface area contributed by atoms with Crippen molar-refractivity contribution < 1.29 is 4.79 Å². The third kappa shape index (κ3) is 4.41. The van der Waals surface area contributed by atoms with Crippen LogP contribution in [-0.2, 0) is 4.79 Å². The number of piperazine rings is 1. The first kappa shape index (κ1) is 25.1. The molecule has 0 saturated carbocycles. The molecule has 1 amide bonds. The van der Waals surface area contributed by atoms with Crippen LogP contribution in [0, 0.1) is 6.92 Å². The van der Waals surface area contributed by atoms with E-state index >= 15 is 0 Å². The lowest BCUT2D eigenvalue weighted by Gasteiger charge is -2.45. The van der Waals surface area contributed by atoms with Gasteiger partial charge in [-0.3, -0.25) is 9.78 Å². The summed E-state index contributed by atoms with van der Waals surface area (Å²) >= 11 is 12.7. The van der Waals surface area contributed by atoms with E-state index in [0.717, 1.165) is 11.3 Å². The number of halogens is 2. The van der Waals surface area contributed by atoms with Crippen LogP contribution in [0.3, 0.4) is 0 Å². The van der Waals surface area contributed by atoms with Crippen molar-refractivity contribution in [1.82, 2.24) is 24.4 Å². The lowest BCUT2D eigenvalue weighted by atomic mass is 10.0. The van der Waals surface area contributed by atoms with Gasteiger partial charge < -0.3 is 9.80 Å². The van der Waals surface area contributed by atoms with Crippen LogP contribution in [-0.4, -0.2) is 55.5 Å². The van der Waals surface area contributed by atoms with Crippen LogP contribution in [0.5, 0.6) is 0 Å². The van der Waals surface area contributed by atoms with E-state index in [1.807, 2.05) is 45.6 Å². The summed E-state index contributed by atoms with van der Waals surface area (Å²) in [5.74, 6) is 0.400. The molecule has 0 radical (unpaired) electrons. The quantitative estimate of drug-likeness (QED) is 0.375. The fraction of sp³-hybridized carbons (Fsp3) is 0.400. The molecule has 8 nitrogen and oxygen atoms in total. The second-order valence-electron chi connectivity index (χ2n) is 9.25. The van der Waals surface area contributed by atoms with E-state index in [-0.39, 0.29) is 34.1 Å². The van der Waals surface area contributed by atoms with Crippen LogP contribution < -0.4 is 10.6 Å². The van der Waals surface area contributed by atoms with Gasteiger partial charge in [-0.25, -0.2) is 14.3 Å². The van der Waals surface area contributed by atoms with Gasteiger partial charge in [-0.1, -0.05) is 43.6 Å². The van der Waals surface area contributed by atoms with Crippen LogP contribution in [0.4, 0.5) is 5.82 Å². The van der Waals surface area contributed by atoms with Gasteiger partial charge in [0.1, 0.15) is 11.0 Å². The van der Waals surface area contributed by atoms with Gasteiger partial charge in [-0.15, -0.1) is 0 Å². The Labute approximate surface area is 214 Å². The first-order valence-electron chi connectivity index (χ1n) is 11.5. The highest BCUT2D eigenvalue weighted by atomic mass is 35.5. The molecule has 184 valence electrons. The van der Waals surface area contributed by atoms with Gasteiger partial charge in [0.25, 0.3) is 0 Å². The largest absolute Gasteiger partial charge is 0.355 e. The van der Waals surface area contributed by atoms with Crippen molar-refractivity contribution in [1.29, 1.82) is 0 Å². The summed E-state index contributed by atoms with van der Waals surface area (Å²) in [5, 5.41) is 0.957. The lowest BCUT2D eigenvalue weighted by Crippen LogP contribution is -2.58. The standard InChI is InChI=1S/C25H28Cl2N6O2/c1-7-19(34)31-11-15(5)32(16(6)12-31)24-17-10-18(26)22(27)29-23(17)33(25(35)30-24)21-14(4)8-9-28-20(21)13(2)3/h7-10,13,15-16H,1,11-12H2,2-6H3/t15-,16-/m0/s1. The summed E-state index contributed by atoms with van der Waals surface area (Å²) in [4.78, 5) is 43.3. The minimum atomic E-state index is -0.486. The van der Waals surface area contributed by atoms with E-state index in [9.17, 15) is 9.59 Å². The van der Waals surface area contributed by atoms with Crippen molar-refractivity contribution >= 4 is 46.0 Å². The minimum Gasteiger partial charge on any atom is -0.347 e. The molecule has 1 saturated heterocycles. The van der Waals surface area contributed by atoms with Gasteiger partial charge in [-0.2, -0.15) is 4.98 Å². The summed E-state index contributed by atoms with van der Waals surface area (Å²) < 4.78 is 1.48. The number of aryl methyl sites for hydroxylation is 1. The Kier molecular flexibility index (Phi) is 6.88. The van der Waals surface area contributed by atoms with Crippen molar-refractivity contribution in [2.45, 2.75) is 52.6 Å². The van der Waals surface area contributed by atoms with Gasteiger partial charge in [0.2, 0.25) is 5.91 Å². The van der Waals surface area contributed by atoms with Crippen molar-refractivity contribution in [3.63, 3.8) is 0 Å². The zero-order valence-electron chi connectivity index (χ0n) is 20.4. The Morgan fingerprint density at radius 2 is 1.86 bits per heavy atom. The third-order valence-electron chi connectivity index (χ3n) is 6.33. The molecular formula is C25H28Cl2N6O2. The maximum absolute atomic E-state index is 13.7. The predicted octanol–water partition coefficient (Wildman–Crippen LogP) is 4.53. The molecule has 0 aliphatic carbocycles. The maximum Gasteiger partial charge on any atom is 0.355 e. The predicted molar refractivity (Wildman–Crippen MR) is 140 cm³/mol.